The molecule has 3 heterocycles. The number of nitrogens with zero attached hydrogens (tertiary/aromatic N) is 5. The molecule has 0 bridgehead atoms. The van der Waals surface area contributed by atoms with Gasteiger partial charge in [0.25, 0.3) is 5.82 Å². The Balaban J connectivity index is 1.65. The summed E-state index contributed by atoms with van der Waals surface area (Å²) in [5, 5.41) is 3.09. The van der Waals surface area contributed by atoms with Crippen molar-refractivity contribution in [3.8, 4) is 5.75 Å². The van der Waals surface area contributed by atoms with Crippen LogP contribution in [-0.4, -0.2) is 33.9 Å². The maximum absolute atomic E-state index is 6.88. The van der Waals surface area contributed by atoms with Gasteiger partial charge < -0.3 is 14.9 Å². The second-order valence-electron chi connectivity index (χ2n) is 5.48. The lowest BCUT2D eigenvalue weighted by Crippen LogP contribution is -2.08. The molecule has 2 aromatic heterocycles. The fourth-order valence-electron chi connectivity index (χ4n) is 2.26. The van der Waals surface area contributed by atoms with Crippen molar-refractivity contribution < 1.29 is 4.74 Å². The van der Waals surface area contributed by atoms with Crippen LogP contribution >= 0.6 is 0 Å². The molecule has 0 fully saturated rings. The molecular formula is C18H18N6O. The number of unbranched alkanes of at least 4 members (excludes halogenated alkanes) is 1. The Bertz CT molecular complexity index is 835. The number of ether oxygens (including phenoxy) is 1. The molecule has 3 rings (SSSR count). The van der Waals surface area contributed by atoms with E-state index >= 15 is 0 Å². The van der Waals surface area contributed by atoms with Gasteiger partial charge in [-0.15, -0.1) is 4.98 Å². The molecule has 1 aliphatic rings. The minimum atomic E-state index is 0.265. The zero-order valence-electron chi connectivity index (χ0n) is 13.9. The SMILES string of the molecule is [C-]#[N+]c1cnc(NC2=NCC(c3cncc(OCCCC)c3)=C2)cn1. The molecule has 7 heteroatoms. The summed E-state index contributed by atoms with van der Waals surface area (Å²) in [5.74, 6) is 2.30. The summed E-state index contributed by atoms with van der Waals surface area (Å²) in [4.78, 5) is 20.0. The van der Waals surface area contributed by atoms with Gasteiger partial charge in [0, 0.05) is 11.8 Å². The first-order chi connectivity index (χ1) is 12.3. The highest BCUT2D eigenvalue weighted by Crippen LogP contribution is 2.23. The van der Waals surface area contributed by atoms with Crippen molar-refractivity contribution in [2.24, 2.45) is 4.99 Å². The van der Waals surface area contributed by atoms with Gasteiger partial charge in [-0.05, 0) is 24.1 Å². The highest BCUT2D eigenvalue weighted by Gasteiger charge is 2.12. The van der Waals surface area contributed by atoms with Gasteiger partial charge in [-0.3, -0.25) is 9.98 Å². The van der Waals surface area contributed by atoms with E-state index in [-0.39, 0.29) is 5.82 Å². The summed E-state index contributed by atoms with van der Waals surface area (Å²) in [7, 11) is 0. The molecule has 0 saturated heterocycles. The van der Waals surface area contributed by atoms with Crippen molar-refractivity contribution in [1.29, 1.82) is 0 Å². The van der Waals surface area contributed by atoms with Crippen molar-refractivity contribution in [2.75, 3.05) is 18.5 Å². The van der Waals surface area contributed by atoms with Gasteiger partial charge in [-0.2, -0.15) is 0 Å². The summed E-state index contributed by atoms with van der Waals surface area (Å²) in [6, 6.07) is 1.98. The first-order valence-corrected chi connectivity index (χ1v) is 8.08. The lowest BCUT2D eigenvalue weighted by molar-refractivity contribution is 0.308. The molecule has 7 nitrogen and oxygen atoms in total. The third-order valence-electron chi connectivity index (χ3n) is 3.59. The number of hydrogen-bond donors (Lipinski definition) is 1. The van der Waals surface area contributed by atoms with Crippen LogP contribution < -0.4 is 10.1 Å². The predicted molar refractivity (Wildman–Crippen MR) is 96.8 cm³/mol. The van der Waals surface area contributed by atoms with E-state index in [9.17, 15) is 0 Å². The number of nitrogens with one attached hydrogen (secondary N) is 1. The van der Waals surface area contributed by atoms with Crippen LogP contribution in [0, 0.1) is 6.57 Å². The maximum atomic E-state index is 6.88. The van der Waals surface area contributed by atoms with Crippen molar-refractivity contribution in [3.63, 3.8) is 0 Å². The summed E-state index contributed by atoms with van der Waals surface area (Å²) >= 11 is 0. The molecule has 1 N–H and O–H groups in total. The van der Waals surface area contributed by atoms with E-state index in [0.717, 1.165) is 29.7 Å². The smallest absolute Gasteiger partial charge is 0.288 e. The molecule has 0 aromatic carbocycles. The number of hydrogen-bond acceptors (Lipinski definition) is 6. The van der Waals surface area contributed by atoms with E-state index in [1.807, 2.05) is 12.1 Å². The molecule has 25 heavy (non-hydrogen) atoms. The average molecular weight is 334 g/mol. The summed E-state index contributed by atoms with van der Waals surface area (Å²) in [6.45, 7) is 10.3. The Morgan fingerprint density at radius 3 is 2.92 bits per heavy atom. The molecule has 0 radical (unpaired) electrons. The molecule has 126 valence electrons. The summed E-state index contributed by atoms with van der Waals surface area (Å²) in [5.41, 5.74) is 2.05. The van der Waals surface area contributed by atoms with Crippen LogP contribution in [0.4, 0.5) is 11.6 Å². The fraction of sp³-hybridized carbons (Fsp3) is 0.278. The van der Waals surface area contributed by atoms with E-state index in [1.165, 1.54) is 12.4 Å². The molecule has 0 unspecified atom stereocenters. The Labute approximate surface area is 146 Å². The van der Waals surface area contributed by atoms with Gasteiger partial charge >= 0.3 is 0 Å². The van der Waals surface area contributed by atoms with Gasteiger partial charge in [0.1, 0.15) is 11.6 Å². The fourth-order valence-corrected chi connectivity index (χ4v) is 2.26. The molecular weight excluding hydrogens is 316 g/mol. The normalized spacial score (nSPS) is 13.0. The topological polar surface area (TPSA) is 76.7 Å². The molecule has 0 saturated carbocycles. The number of aromatic nitrogens is 3. The molecule has 1 aliphatic heterocycles. The Kier molecular flexibility index (Phi) is 5.32. The van der Waals surface area contributed by atoms with Crippen LogP contribution in [-0.2, 0) is 0 Å². The van der Waals surface area contributed by atoms with E-state index < -0.39 is 0 Å². The standard InChI is InChI=1S/C18H18N6O/c1-3-4-5-25-15-6-13(8-20-10-15)14-7-16(21-9-14)24-18-12-22-17(19-2)11-23-18/h6-8,10-12H,3-5,9H2,1H3,(H,21,23,24). The molecule has 0 atom stereocenters. The van der Waals surface area contributed by atoms with Crippen LogP contribution in [0.15, 0.2) is 41.9 Å². The number of anilines is 1. The van der Waals surface area contributed by atoms with Gasteiger partial charge in [0.2, 0.25) is 0 Å². The Morgan fingerprint density at radius 2 is 2.16 bits per heavy atom. The average Bonchev–Trinajstić information content (AvgIpc) is 3.11. The van der Waals surface area contributed by atoms with Crippen LogP contribution in [0.3, 0.4) is 0 Å². The largest absolute Gasteiger partial charge is 0.492 e. The minimum absolute atomic E-state index is 0.265. The van der Waals surface area contributed by atoms with E-state index in [2.05, 4.69) is 37.0 Å². The van der Waals surface area contributed by atoms with E-state index in [0.29, 0.717) is 24.8 Å². The summed E-state index contributed by atoms with van der Waals surface area (Å²) in [6.07, 6.45) is 10.6. The quantitative estimate of drug-likeness (QED) is 0.646. The number of pyridine rings is 1. The van der Waals surface area contributed by atoms with Crippen molar-refractivity contribution in [2.45, 2.75) is 19.8 Å². The van der Waals surface area contributed by atoms with Crippen LogP contribution in [0.1, 0.15) is 25.3 Å². The van der Waals surface area contributed by atoms with Crippen molar-refractivity contribution in [1.82, 2.24) is 15.0 Å². The lowest BCUT2D eigenvalue weighted by atomic mass is 10.1. The number of amidine groups is 1. The highest BCUT2D eigenvalue weighted by molar-refractivity contribution is 6.10. The second kappa shape index (κ2) is 8.02. The molecule has 0 amide bonds. The zero-order chi connectivity index (χ0) is 17.5. The van der Waals surface area contributed by atoms with Crippen LogP contribution in [0.5, 0.6) is 5.75 Å². The zero-order valence-corrected chi connectivity index (χ0v) is 13.9. The van der Waals surface area contributed by atoms with Crippen molar-refractivity contribution >= 4 is 23.0 Å². The van der Waals surface area contributed by atoms with Gasteiger partial charge in [0.05, 0.1) is 25.5 Å². The predicted octanol–water partition coefficient (Wildman–Crippen LogP) is 3.51. The van der Waals surface area contributed by atoms with Crippen molar-refractivity contribution in [3.05, 3.63) is 53.9 Å². The maximum Gasteiger partial charge on any atom is 0.288 e. The van der Waals surface area contributed by atoms with Gasteiger partial charge in [-0.25, -0.2) is 4.98 Å². The third-order valence-corrected chi connectivity index (χ3v) is 3.59. The van der Waals surface area contributed by atoms with E-state index in [1.54, 1.807) is 12.4 Å². The summed E-state index contributed by atoms with van der Waals surface area (Å²) < 4.78 is 5.71. The highest BCUT2D eigenvalue weighted by atomic mass is 16.5. The minimum Gasteiger partial charge on any atom is -0.492 e. The molecule has 0 spiro atoms. The first kappa shape index (κ1) is 16.6. The number of rotatable bonds is 6. The Hall–Kier alpha value is -3.27. The van der Waals surface area contributed by atoms with E-state index in [4.69, 9.17) is 11.3 Å². The molecule has 2 aromatic rings. The second-order valence-corrected chi connectivity index (χ2v) is 5.48. The first-order valence-electron chi connectivity index (χ1n) is 8.08. The van der Waals surface area contributed by atoms with Crippen LogP contribution in [0.2, 0.25) is 0 Å². The molecule has 0 aliphatic carbocycles. The van der Waals surface area contributed by atoms with Gasteiger partial charge in [-0.1, -0.05) is 19.9 Å². The van der Waals surface area contributed by atoms with Gasteiger partial charge in [0.15, 0.2) is 12.0 Å². The monoisotopic (exact) mass is 334 g/mol. The number of aliphatic imine (C=N–C) groups is 1. The van der Waals surface area contributed by atoms with Crippen LogP contribution in [0.25, 0.3) is 10.4 Å². The Morgan fingerprint density at radius 1 is 1.24 bits per heavy atom. The lowest BCUT2D eigenvalue weighted by Gasteiger charge is -2.07. The third kappa shape index (κ3) is 4.38.